The van der Waals surface area contributed by atoms with Gasteiger partial charge in [-0.2, -0.15) is 0 Å². The summed E-state index contributed by atoms with van der Waals surface area (Å²) in [6, 6.07) is 17.8. The highest BCUT2D eigenvalue weighted by Gasteiger charge is 2.23. The molecule has 1 atom stereocenters. The van der Waals surface area contributed by atoms with Gasteiger partial charge in [0.15, 0.2) is 6.10 Å². The Morgan fingerprint density at radius 3 is 2.07 bits per heavy atom. The third-order valence-electron chi connectivity index (χ3n) is 4.32. The lowest BCUT2D eigenvalue weighted by atomic mass is 10.1. The van der Waals surface area contributed by atoms with Gasteiger partial charge in [-0.15, -0.1) is 0 Å². The molecule has 0 amide bonds. The van der Waals surface area contributed by atoms with Gasteiger partial charge >= 0.3 is 5.97 Å². The molecule has 27 heavy (non-hydrogen) atoms. The van der Waals surface area contributed by atoms with Crippen molar-refractivity contribution in [3.8, 4) is 11.5 Å². The van der Waals surface area contributed by atoms with E-state index in [9.17, 15) is 9.59 Å². The second-order valence-corrected chi connectivity index (χ2v) is 6.04. The number of esters is 1. The number of rotatable bonds is 6. The summed E-state index contributed by atoms with van der Waals surface area (Å²) in [5.41, 5.74) is 0.729. The Morgan fingerprint density at radius 1 is 0.852 bits per heavy atom. The van der Waals surface area contributed by atoms with E-state index in [1.807, 2.05) is 24.3 Å². The van der Waals surface area contributed by atoms with Crippen LogP contribution in [0.4, 0.5) is 0 Å². The Bertz CT molecular complexity index is 976. The molecule has 0 aromatic heterocycles. The number of Topliss-reactive ketones (excluding diaryl/α,β-unsaturated/α-hetero) is 1. The monoisotopic (exact) mass is 364 g/mol. The highest BCUT2D eigenvalue weighted by Crippen LogP contribution is 2.27. The number of fused-ring (bicyclic) bond motifs is 1. The predicted molar refractivity (Wildman–Crippen MR) is 103 cm³/mol. The van der Waals surface area contributed by atoms with Crippen LogP contribution in [0, 0.1) is 0 Å². The average Bonchev–Trinajstić information content (AvgIpc) is 2.72. The molecule has 0 bridgehead atoms. The van der Waals surface area contributed by atoms with Crippen molar-refractivity contribution in [3.63, 3.8) is 0 Å². The van der Waals surface area contributed by atoms with Crippen molar-refractivity contribution < 1.29 is 23.8 Å². The molecule has 0 aliphatic carbocycles. The van der Waals surface area contributed by atoms with Crippen LogP contribution in [-0.4, -0.2) is 32.1 Å². The molecule has 3 aromatic rings. The zero-order valence-electron chi connectivity index (χ0n) is 15.4. The number of hydrogen-bond acceptors (Lipinski definition) is 5. The molecule has 0 spiro atoms. The van der Waals surface area contributed by atoms with Crippen LogP contribution in [0.25, 0.3) is 10.8 Å². The summed E-state index contributed by atoms with van der Waals surface area (Å²) in [7, 11) is 3.05. The van der Waals surface area contributed by atoms with Crippen molar-refractivity contribution in [2.75, 3.05) is 14.2 Å². The van der Waals surface area contributed by atoms with Crippen LogP contribution in [0.5, 0.6) is 11.5 Å². The van der Waals surface area contributed by atoms with Gasteiger partial charge in [-0.3, -0.25) is 4.79 Å². The maximum atomic E-state index is 12.6. The highest BCUT2D eigenvalue weighted by atomic mass is 16.5. The molecule has 0 saturated heterocycles. The van der Waals surface area contributed by atoms with Crippen LogP contribution in [0.3, 0.4) is 0 Å². The Balaban J connectivity index is 1.81. The van der Waals surface area contributed by atoms with Crippen molar-refractivity contribution in [2.24, 2.45) is 0 Å². The van der Waals surface area contributed by atoms with Crippen molar-refractivity contribution in [1.29, 1.82) is 0 Å². The van der Waals surface area contributed by atoms with Gasteiger partial charge in [-0.05, 0) is 54.1 Å². The van der Waals surface area contributed by atoms with Crippen molar-refractivity contribution in [2.45, 2.75) is 13.0 Å². The Kier molecular flexibility index (Phi) is 5.41. The van der Waals surface area contributed by atoms with E-state index in [2.05, 4.69) is 0 Å². The van der Waals surface area contributed by atoms with Gasteiger partial charge in [-0.25, -0.2) is 4.79 Å². The molecular weight excluding hydrogens is 344 g/mol. The fourth-order valence-electron chi connectivity index (χ4n) is 2.82. The smallest absolute Gasteiger partial charge is 0.342 e. The minimum atomic E-state index is -0.929. The molecule has 138 valence electrons. The van der Waals surface area contributed by atoms with Crippen LogP contribution >= 0.6 is 0 Å². The lowest BCUT2D eigenvalue weighted by molar-refractivity contribution is 0.0316. The number of methoxy groups -OCH3 is 2. The first-order valence-corrected chi connectivity index (χ1v) is 8.49. The molecule has 0 saturated carbocycles. The molecule has 0 N–H and O–H groups in total. The third kappa shape index (κ3) is 3.92. The molecule has 1 unspecified atom stereocenters. The summed E-state index contributed by atoms with van der Waals surface area (Å²) < 4.78 is 15.8. The molecule has 3 rings (SSSR count). The summed E-state index contributed by atoms with van der Waals surface area (Å²) in [6.45, 7) is 1.55. The number of hydrogen-bond donors (Lipinski definition) is 0. The molecule has 3 aromatic carbocycles. The molecule has 5 heteroatoms. The second kappa shape index (κ2) is 7.91. The van der Waals surface area contributed by atoms with Gasteiger partial charge in [0.25, 0.3) is 0 Å². The van der Waals surface area contributed by atoms with E-state index in [0.29, 0.717) is 17.1 Å². The highest BCUT2D eigenvalue weighted by molar-refractivity contribution is 6.03. The minimum absolute atomic E-state index is 0.283. The predicted octanol–water partition coefficient (Wildman–Crippen LogP) is 4.29. The fraction of sp³-hybridized carbons (Fsp3) is 0.182. The van der Waals surface area contributed by atoms with E-state index >= 15 is 0 Å². The molecule has 0 radical (unpaired) electrons. The normalized spacial score (nSPS) is 11.7. The van der Waals surface area contributed by atoms with Gasteiger partial charge in [-0.1, -0.05) is 24.3 Å². The third-order valence-corrected chi connectivity index (χ3v) is 4.32. The van der Waals surface area contributed by atoms with Crippen molar-refractivity contribution in [1.82, 2.24) is 0 Å². The molecule has 0 heterocycles. The van der Waals surface area contributed by atoms with Crippen LogP contribution in [0.2, 0.25) is 0 Å². The van der Waals surface area contributed by atoms with Crippen molar-refractivity contribution in [3.05, 3.63) is 71.8 Å². The largest absolute Gasteiger partial charge is 0.497 e. The topological polar surface area (TPSA) is 61.8 Å². The van der Waals surface area contributed by atoms with Crippen molar-refractivity contribution >= 4 is 22.5 Å². The lowest BCUT2D eigenvalue weighted by Gasteiger charge is -2.15. The summed E-state index contributed by atoms with van der Waals surface area (Å²) in [6.07, 6.45) is -0.929. The Hall–Kier alpha value is -3.34. The minimum Gasteiger partial charge on any atom is -0.497 e. The van der Waals surface area contributed by atoms with Gasteiger partial charge < -0.3 is 14.2 Å². The fourth-order valence-corrected chi connectivity index (χ4v) is 2.82. The Labute approximate surface area is 157 Å². The van der Waals surface area contributed by atoms with Gasteiger partial charge in [0.2, 0.25) is 5.78 Å². The molecular formula is C22H20O5. The Morgan fingerprint density at radius 2 is 1.48 bits per heavy atom. The first kappa shape index (κ1) is 18.5. The summed E-state index contributed by atoms with van der Waals surface area (Å²) in [5.74, 6) is 0.164. The van der Waals surface area contributed by atoms with Crippen LogP contribution in [0.1, 0.15) is 27.6 Å². The van der Waals surface area contributed by atoms with E-state index in [-0.39, 0.29) is 11.3 Å². The number of ketones is 1. The summed E-state index contributed by atoms with van der Waals surface area (Å²) >= 11 is 0. The standard InChI is InChI=1S/C22H20O5/c1-14(21(23)15-8-10-18(25-2)11-9-15)27-22(24)19-12-16-6-4-5-7-17(16)13-20(19)26-3/h4-14H,1-3H3. The first-order chi connectivity index (χ1) is 13.0. The molecule has 5 nitrogen and oxygen atoms in total. The maximum Gasteiger partial charge on any atom is 0.342 e. The first-order valence-electron chi connectivity index (χ1n) is 8.49. The van der Waals surface area contributed by atoms with Gasteiger partial charge in [0.05, 0.1) is 14.2 Å². The average molecular weight is 364 g/mol. The summed E-state index contributed by atoms with van der Waals surface area (Å²) in [4.78, 5) is 25.2. The maximum absolute atomic E-state index is 12.6. The van der Waals surface area contributed by atoms with Crippen LogP contribution < -0.4 is 9.47 Å². The molecule has 0 aliphatic rings. The molecule has 0 fully saturated rings. The quantitative estimate of drug-likeness (QED) is 0.482. The number of benzene rings is 3. The van der Waals surface area contributed by atoms with Gasteiger partial charge in [0, 0.05) is 5.56 Å². The van der Waals surface area contributed by atoms with E-state index in [1.165, 1.54) is 7.11 Å². The number of carbonyl (C=O) groups is 2. The molecule has 0 aliphatic heterocycles. The van der Waals surface area contributed by atoms with E-state index in [0.717, 1.165) is 10.8 Å². The van der Waals surface area contributed by atoms with E-state index < -0.39 is 12.1 Å². The van der Waals surface area contributed by atoms with Crippen LogP contribution in [0.15, 0.2) is 60.7 Å². The van der Waals surface area contributed by atoms with E-state index in [4.69, 9.17) is 14.2 Å². The zero-order chi connectivity index (χ0) is 19.4. The van der Waals surface area contributed by atoms with Crippen LogP contribution in [-0.2, 0) is 4.74 Å². The van der Waals surface area contributed by atoms with Gasteiger partial charge in [0.1, 0.15) is 17.1 Å². The SMILES string of the molecule is COc1ccc(C(=O)C(C)OC(=O)c2cc3ccccc3cc2OC)cc1. The summed E-state index contributed by atoms with van der Waals surface area (Å²) in [5, 5.41) is 1.84. The zero-order valence-corrected chi connectivity index (χ0v) is 15.4. The lowest BCUT2D eigenvalue weighted by Crippen LogP contribution is -2.24. The number of carbonyl (C=O) groups excluding carboxylic acids is 2. The second-order valence-electron chi connectivity index (χ2n) is 6.04. The van der Waals surface area contributed by atoms with E-state index in [1.54, 1.807) is 50.4 Å². The number of ether oxygens (including phenoxy) is 3.